The molecule has 0 spiro atoms. The van der Waals surface area contributed by atoms with Crippen LogP contribution in [0.2, 0.25) is 0 Å². The van der Waals surface area contributed by atoms with Gasteiger partial charge >= 0.3 is 0 Å². The van der Waals surface area contributed by atoms with Gasteiger partial charge < -0.3 is 4.90 Å². The van der Waals surface area contributed by atoms with Crippen LogP contribution in [-0.4, -0.2) is 48.4 Å². The zero-order chi connectivity index (χ0) is 12.8. The lowest BCUT2D eigenvalue weighted by Crippen LogP contribution is -2.50. The molecule has 1 aliphatic rings. The van der Waals surface area contributed by atoms with Gasteiger partial charge in [-0.2, -0.15) is 5.26 Å². The number of piperazine rings is 1. The van der Waals surface area contributed by atoms with E-state index in [2.05, 4.69) is 17.9 Å². The summed E-state index contributed by atoms with van der Waals surface area (Å²) in [6, 6.07) is 2.13. The van der Waals surface area contributed by atoms with Crippen molar-refractivity contribution in [2.24, 2.45) is 11.8 Å². The molecule has 1 saturated heterocycles. The monoisotopic (exact) mass is 237 g/mol. The summed E-state index contributed by atoms with van der Waals surface area (Å²) in [5, 5.41) is 9.03. The van der Waals surface area contributed by atoms with Gasteiger partial charge in [0.15, 0.2) is 0 Å². The maximum Gasteiger partial charge on any atom is 0.240 e. The maximum atomic E-state index is 12.1. The molecule has 1 atom stereocenters. The number of carbonyl (C=O) groups is 1. The molecular formula is C13H23N3O. The Morgan fingerprint density at radius 3 is 2.29 bits per heavy atom. The summed E-state index contributed by atoms with van der Waals surface area (Å²) < 4.78 is 0. The van der Waals surface area contributed by atoms with Crippen LogP contribution in [0.3, 0.4) is 0 Å². The molecule has 0 aromatic rings. The van der Waals surface area contributed by atoms with Crippen molar-refractivity contribution in [2.75, 3.05) is 32.7 Å². The Labute approximate surface area is 104 Å². The number of carbonyl (C=O) groups excluding carboxylic acids is 1. The van der Waals surface area contributed by atoms with Gasteiger partial charge in [-0.3, -0.25) is 9.69 Å². The Bertz CT molecular complexity index is 288. The molecular weight excluding hydrogens is 214 g/mol. The molecule has 1 aliphatic heterocycles. The van der Waals surface area contributed by atoms with E-state index in [4.69, 9.17) is 5.26 Å². The van der Waals surface area contributed by atoms with Crippen LogP contribution in [0.25, 0.3) is 0 Å². The highest BCUT2D eigenvalue weighted by atomic mass is 16.2. The highest BCUT2D eigenvalue weighted by Gasteiger charge is 2.28. The number of hydrogen-bond acceptors (Lipinski definition) is 3. The van der Waals surface area contributed by atoms with Gasteiger partial charge in [-0.25, -0.2) is 0 Å². The van der Waals surface area contributed by atoms with Crippen molar-refractivity contribution < 1.29 is 4.79 Å². The Morgan fingerprint density at radius 2 is 1.88 bits per heavy atom. The molecule has 0 saturated carbocycles. The van der Waals surface area contributed by atoms with Gasteiger partial charge in [-0.05, 0) is 18.9 Å². The van der Waals surface area contributed by atoms with Gasteiger partial charge in [0.2, 0.25) is 5.91 Å². The average molecular weight is 237 g/mol. The molecule has 1 heterocycles. The maximum absolute atomic E-state index is 12.1. The molecule has 0 aromatic heterocycles. The number of hydrogen-bond donors (Lipinski definition) is 0. The number of rotatable bonds is 4. The molecule has 17 heavy (non-hydrogen) atoms. The van der Waals surface area contributed by atoms with E-state index in [1.165, 1.54) is 0 Å². The second-order valence-corrected chi connectivity index (χ2v) is 5.02. The number of nitrogens with zero attached hydrogens (tertiary/aromatic N) is 3. The normalized spacial score (nSPS) is 19.1. The number of nitriles is 1. The minimum Gasteiger partial charge on any atom is -0.339 e. The van der Waals surface area contributed by atoms with Crippen LogP contribution in [-0.2, 0) is 4.79 Å². The first-order valence-electron chi connectivity index (χ1n) is 6.50. The van der Waals surface area contributed by atoms with E-state index in [-0.39, 0.29) is 11.8 Å². The fraction of sp³-hybridized carbons (Fsp3) is 0.846. The van der Waals surface area contributed by atoms with E-state index in [0.29, 0.717) is 0 Å². The van der Waals surface area contributed by atoms with Crippen molar-refractivity contribution in [2.45, 2.75) is 27.2 Å². The third-order valence-electron chi connectivity index (χ3n) is 3.30. The summed E-state index contributed by atoms with van der Waals surface area (Å²) in [6.07, 6.45) is 1.15. The molecule has 4 heteroatoms. The molecule has 96 valence electrons. The van der Waals surface area contributed by atoms with Crippen molar-refractivity contribution >= 4 is 5.91 Å². The van der Waals surface area contributed by atoms with E-state index in [9.17, 15) is 4.79 Å². The van der Waals surface area contributed by atoms with E-state index in [1.54, 1.807) is 0 Å². The first-order valence-corrected chi connectivity index (χ1v) is 6.50. The zero-order valence-electron chi connectivity index (χ0n) is 11.1. The van der Waals surface area contributed by atoms with Crippen molar-refractivity contribution in [1.29, 1.82) is 5.26 Å². The van der Waals surface area contributed by atoms with Gasteiger partial charge in [0.1, 0.15) is 5.92 Å². The van der Waals surface area contributed by atoms with Crippen molar-refractivity contribution in [3.8, 4) is 6.07 Å². The Morgan fingerprint density at radius 1 is 1.29 bits per heavy atom. The second-order valence-electron chi connectivity index (χ2n) is 5.02. The summed E-state index contributed by atoms with van der Waals surface area (Å²) in [5.41, 5.74) is 0. The molecule has 0 N–H and O–H groups in total. The smallest absolute Gasteiger partial charge is 0.240 e. The molecule has 4 nitrogen and oxygen atoms in total. The van der Waals surface area contributed by atoms with E-state index in [0.717, 1.165) is 39.1 Å². The molecule has 1 amide bonds. The van der Waals surface area contributed by atoms with Crippen molar-refractivity contribution in [3.63, 3.8) is 0 Å². The first kappa shape index (κ1) is 14.0. The minimum absolute atomic E-state index is 0.0126. The van der Waals surface area contributed by atoms with E-state index >= 15 is 0 Å². The lowest BCUT2D eigenvalue weighted by molar-refractivity contribution is -0.136. The largest absolute Gasteiger partial charge is 0.339 e. The highest BCUT2D eigenvalue weighted by Crippen LogP contribution is 2.15. The van der Waals surface area contributed by atoms with Crippen LogP contribution in [0.5, 0.6) is 0 Å². The fourth-order valence-corrected chi connectivity index (χ4v) is 2.19. The van der Waals surface area contributed by atoms with Gasteiger partial charge in [-0.15, -0.1) is 0 Å². The average Bonchev–Trinajstić information content (AvgIpc) is 2.30. The van der Waals surface area contributed by atoms with Crippen LogP contribution in [0.1, 0.15) is 27.2 Å². The summed E-state index contributed by atoms with van der Waals surface area (Å²) in [5.74, 6) is -0.368. The Balaban J connectivity index is 2.48. The van der Waals surface area contributed by atoms with Gasteiger partial charge in [0, 0.05) is 26.2 Å². The SMILES string of the molecule is CCCN1CCN(C(=O)C(C#N)C(C)C)CC1. The summed E-state index contributed by atoms with van der Waals surface area (Å²) in [7, 11) is 0. The predicted octanol–water partition coefficient (Wildman–Crippen LogP) is 1.34. The zero-order valence-corrected chi connectivity index (χ0v) is 11.1. The predicted molar refractivity (Wildman–Crippen MR) is 67.3 cm³/mol. The molecule has 1 rings (SSSR count). The lowest BCUT2D eigenvalue weighted by atomic mass is 9.95. The third-order valence-corrected chi connectivity index (χ3v) is 3.30. The van der Waals surface area contributed by atoms with Crippen LogP contribution >= 0.6 is 0 Å². The third kappa shape index (κ3) is 3.71. The van der Waals surface area contributed by atoms with Gasteiger partial charge in [-0.1, -0.05) is 20.8 Å². The summed E-state index contributed by atoms with van der Waals surface area (Å²) >= 11 is 0. The second kappa shape index (κ2) is 6.61. The van der Waals surface area contributed by atoms with Crippen molar-refractivity contribution in [3.05, 3.63) is 0 Å². The van der Waals surface area contributed by atoms with E-state index < -0.39 is 5.92 Å². The number of amides is 1. The first-order chi connectivity index (χ1) is 8.10. The van der Waals surface area contributed by atoms with Crippen LogP contribution in [0, 0.1) is 23.2 Å². The lowest BCUT2D eigenvalue weighted by Gasteiger charge is -2.35. The fourth-order valence-electron chi connectivity index (χ4n) is 2.19. The minimum atomic E-state index is -0.479. The molecule has 0 bridgehead atoms. The van der Waals surface area contributed by atoms with Crippen LogP contribution in [0.4, 0.5) is 0 Å². The van der Waals surface area contributed by atoms with Crippen LogP contribution in [0.15, 0.2) is 0 Å². The molecule has 1 unspecified atom stereocenters. The van der Waals surface area contributed by atoms with Crippen LogP contribution < -0.4 is 0 Å². The van der Waals surface area contributed by atoms with Gasteiger partial charge in [0.05, 0.1) is 6.07 Å². The van der Waals surface area contributed by atoms with Gasteiger partial charge in [0.25, 0.3) is 0 Å². The molecule has 0 aromatic carbocycles. The summed E-state index contributed by atoms with van der Waals surface area (Å²) in [4.78, 5) is 16.3. The molecule has 0 radical (unpaired) electrons. The molecule has 1 fully saturated rings. The molecule has 0 aliphatic carbocycles. The van der Waals surface area contributed by atoms with E-state index in [1.807, 2.05) is 18.7 Å². The topological polar surface area (TPSA) is 47.3 Å². The van der Waals surface area contributed by atoms with Crippen molar-refractivity contribution in [1.82, 2.24) is 9.80 Å². The summed E-state index contributed by atoms with van der Waals surface area (Å²) in [6.45, 7) is 10.5. The highest BCUT2D eigenvalue weighted by molar-refractivity contribution is 5.81. The standard InChI is InChI=1S/C13H23N3O/c1-4-5-15-6-8-16(9-7-15)13(17)12(10-14)11(2)3/h11-12H,4-9H2,1-3H3. The Kier molecular flexibility index (Phi) is 5.43. The Hall–Kier alpha value is -1.08. The quantitative estimate of drug-likeness (QED) is 0.741.